The second-order valence-corrected chi connectivity index (χ2v) is 14.1. The Morgan fingerprint density at radius 2 is 1.62 bits per heavy atom. The average molecular weight is 699 g/mol. The van der Waals surface area contributed by atoms with Crippen molar-refractivity contribution in [3.05, 3.63) is 73.8 Å². The topological polar surface area (TPSA) is 99.6 Å². The van der Waals surface area contributed by atoms with Crippen molar-refractivity contribution in [2.75, 3.05) is 49.8 Å². The molecule has 3 amide bonds. The van der Waals surface area contributed by atoms with Gasteiger partial charge in [0.1, 0.15) is 17.5 Å². The Morgan fingerprint density at radius 3 is 2.16 bits per heavy atom. The molecule has 3 fully saturated rings. The number of thioether (sulfide) groups is 1. The molecule has 3 heterocycles. The molecule has 0 aliphatic carbocycles. The van der Waals surface area contributed by atoms with E-state index in [1.807, 2.05) is 43.3 Å². The lowest BCUT2D eigenvalue weighted by Gasteiger charge is -2.38. The highest BCUT2D eigenvalue weighted by atomic mass is 79.9. The minimum absolute atomic E-state index is 0.0756. The van der Waals surface area contributed by atoms with Gasteiger partial charge < -0.3 is 29.3 Å². The molecule has 0 radical (unpaired) electrons. The summed E-state index contributed by atoms with van der Waals surface area (Å²) in [5.74, 6) is -0.607. The third-order valence-corrected chi connectivity index (χ3v) is 12.1. The van der Waals surface area contributed by atoms with E-state index >= 15 is 0 Å². The van der Waals surface area contributed by atoms with Crippen molar-refractivity contribution >= 4 is 56.8 Å². The summed E-state index contributed by atoms with van der Waals surface area (Å²) in [5.41, 5.74) is 1.34. The molecular formula is C34H40BrN3O6S. The maximum Gasteiger partial charge on any atom is 0.251 e. The molecule has 9 nitrogen and oxygen atoms in total. The molecule has 3 saturated heterocycles. The molecule has 1 N–H and O–H groups in total. The molecule has 0 aromatic heterocycles. The predicted molar refractivity (Wildman–Crippen MR) is 181 cm³/mol. The first-order chi connectivity index (χ1) is 21.8. The van der Waals surface area contributed by atoms with Gasteiger partial charge in [-0.3, -0.25) is 14.4 Å². The zero-order chi connectivity index (χ0) is 32.3. The van der Waals surface area contributed by atoms with Gasteiger partial charge in [0.25, 0.3) is 5.91 Å². The predicted octanol–water partition coefficient (Wildman–Crippen LogP) is 4.68. The van der Waals surface area contributed by atoms with Gasteiger partial charge in [-0.25, -0.2) is 0 Å². The lowest BCUT2D eigenvalue weighted by Crippen LogP contribution is -2.56. The maximum absolute atomic E-state index is 14.7. The Labute approximate surface area is 277 Å². The van der Waals surface area contributed by atoms with E-state index in [0.29, 0.717) is 42.3 Å². The van der Waals surface area contributed by atoms with Crippen LogP contribution >= 0.6 is 27.7 Å². The average Bonchev–Trinajstić information content (AvgIpc) is 3.64. The number of anilines is 2. The summed E-state index contributed by atoms with van der Waals surface area (Å²) in [7, 11) is 1.58. The van der Waals surface area contributed by atoms with Gasteiger partial charge in [-0.1, -0.05) is 28.1 Å². The molecule has 45 heavy (non-hydrogen) atoms. The van der Waals surface area contributed by atoms with Crippen LogP contribution in [0.25, 0.3) is 0 Å². The van der Waals surface area contributed by atoms with Crippen molar-refractivity contribution in [3.8, 4) is 11.5 Å². The number of aliphatic hydroxyl groups is 1. The first-order valence-corrected chi connectivity index (χ1v) is 17.0. The van der Waals surface area contributed by atoms with Crippen molar-refractivity contribution in [3.63, 3.8) is 0 Å². The van der Waals surface area contributed by atoms with Gasteiger partial charge in [0.2, 0.25) is 11.8 Å². The highest BCUT2D eigenvalue weighted by Gasteiger charge is 2.76. The van der Waals surface area contributed by atoms with Crippen LogP contribution in [0.4, 0.5) is 11.4 Å². The standard InChI is InChI=1S/C34H40BrN3O6S/c1-5-17-36(22-11-15-25(16-12-22)44-7-3)31(40)27-28-32(41)38(19-8-20-39)30(34(28)21-26(35)29(27)45-34)33(42)37(18-6-2)23-9-13-24(43-4)14-10-23/h5-6,9-16,26-30,39H,1-2,7-8,17-21H2,3-4H3/t26?,27-,28+,29-,30?,34?/m1/s1. The number of hydrogen-bond donors (Lipinski definition) is 1. The number of nitrogens with zero attached hydrogens (tertiary/aromatic N) is 3. The second kappa shape index (κ2) is 14.0. The smallest absolute Gasteiger partial charge is 0.251 e. The third kappa shape index (κ3) is 5.90. The van der Waals surface area contributed by atoms with Crippen LogP contribution in [0.1, 0.15) is 19.8 Å². The van der Waals surface area contributed by atoms with Gasteiger partial charge in [-0.05, 0) is 68.3 Å². The van der Waals surface area contributed by atoms with Gasteiger partial charge in [-0.15, -0.1) is 24.9 Å². The van der Waals surface area contributed by atoms with E-state index in [4.69, 9.17) is 9.47 Å². The van der Waals surface area contributed by atoms with Crippen molar-refractivity contribution in [2.45, 2.75) is 40.6 Å². The number of rotatable bonds is 14. The number of hydrogen-bond acceptors (Lipinski definition) is 7. The molecule has 5 rings (SSSR count). The Bertz CT molecular complexity index is 1420. The van der Waals surface area contributed by atoms with E-state index < -0.39 is 22.6 Å². The number of carbonyl (C=O) groups excluding carboxylic acids is 3. The number of alkyl halides is 1. The van der Waals surface area contributed by atoms with Crippen LogP contribution in [0, 0.1) is 11.8 Å². The number of fused-ring (bicyclic) bond motifs is 1. The number of amides is 3. The zero-order valence-electron chi connectivity index (χ0n) is 25.6. The molecule has 6 atom stereocenters. The second-order valence-electron chi connectivity index (χ2n) is 11.4. The maximum atomic E-state index is 14.7. The molecule has 3 aliphatic rings. The molecule has 3 unspecified atom stereocenters. The van der Waals surface area contributed by atoms with Gasteiger partial charge in [0.15, 0.2) is 0 Å². The summed E-state index contributed by atoms with van der Waals surface area (Å²) in [5, 5.41) is 9.53. The fraction of sp³-hybridized carbons (Fsp3) is 0.441. The van der Waals surface area contributed by atoms with Crippen LogP contribution in [0.2, 0.25) is 0 Å². The summed E-state index contributed by atoms with van der Waals surface area (Å²) in [6, 6.07) is 13.7. The fourth-order valence-corrected chi connectivity index (χ4v) is 10.7. The number of carbonyl (C=O) groups is 3. The van der Waals surface area contributed by atoms with Crippen molar-refractivity contribution in [1.82, 2.24) is 4.90 Å². The van der Waals surface area contributed by atoms with E-state index in [9.17, 15) is 19.5 Å². The number of benzene rings is 2. The number of likely N-dealkylation sites (tertiary alicyclic amines) is 1. The number of methoxy groups -OCH3 is 1. The van der Waals surface area contributed by atoms with E-state index in [2.05, 4.69) is 29.1 Å². The Balaban J connectivity index is 1.54. The summed E-state index contributed by atoms with van der Waals surface area (Å²) >= 11 is 5.44. The Hall–Kier alpha value is -3.28. The molecule has 2 bridgehead atoms. The number of halogens is 1. The molecule has 1 spiro atoms. The largest absolute Gasteiger partial charge is 0.497 e. The van der Waals surface area contributed by atoms with Crippen molar-refractivity contribution < 1.29 is 29.0 Å². The summed E-state index contributed by atoms with van der Waals surface area (Å²) in [4.78, 5) is 48.6. The minimum atomic E-state index is -0.826. The molecule has 240 valence electrons. The minimum Gasteiger partial charge on any atom is -0.497 e. The fourth-order valence-electron chi connectivity index (χ4n) is 7.05. The van der Waals surface area contributed by atoms with Crippen molar-refractivity contribution in [1.29, 1.82) is 0 Å². The normalized spacial score (nSPS) is 26.4. The molecular weight excluding hydrogens is 658 g/mol. The Kier molecular flexibility index (Phi) is 10.3. The van der Waals surface area contributed by atoms with Gasteiger partial charge >= 0.3 is 0 Å². The molecule has 3 aliphatic heterocycles. The quantitative estimate of drug-likeness (QED) is 0.226. The summed E-state index contributed by atoms with van der Waals surface area (Å²) in [6.45, 7) is 10.8. The Morgan fingerprint density at radius 1 is 1.04 bits per heavy atom. The summed E-state index contributed by atoms with van der Waals surface area (Å²) < 4.78 is 10.1. The van der Waals surface area contributed by atoms with E-state index in [1.54, 1.807) is 57.9 Å². The van der Waals surface area contributed by atoms with Gasteiger partial charge in [0, 0.05) is 47.7 Å². The first-order valence-electron chi connectivity index (χ1n) is 15.2. The lowest BCUT2D eigenvalue weighted by molar-refractivity contribution is -0.139. The van der Waals surface area contributed by atoms with E-state index in [1.165, 1.54) is 0 Å². The van der Waals surface area contributed by atoms with Crippen LogP contribution in [-0.4, -0.2) is 88.6 Å². The highest BCUT2D eigenvalue weighted by Crippen LogP contribution is 2.68. The monoisotopic (exact) mass is 697 g/mol. The van der Waals surface area contributed by atoms with Crippen LogP contribution in [-0.2, 0) is 14.4 Å². The van der Waals surface area contributed by atoms with Crippen LogP contribution in [0.15, 0.2) is 73.8 Å². The molecule has 2 aromatic carbocycles. The first kappa shape index (κ1) is 33.1. The van der Waals surface area contributed by atoms with Gasteiger partial charge in [0.05, 0.1) is 30.3 Å². The molecule has 11 heteroatoms. The SMILES string of the molecule is C=CCN(C(=O)C1N(CCCO)C(=O)[C@@H]2[C@@H](C(=O)N(CC=C)c3ccc(OCC)cc3)[C@@H]3SC12CC3Br)c1ccc(OC)cc1. The molecule has 2 aromatic rings. The number of ether oxygens (including phenoxy) is 2. The molecule has 0 saturated carbocycles. The van der Waals surface area contributed by atoms with Crippen molar-refractivity contribution in [2.24, 2.45) is 11.8 Å². The number of aliphatic hydroxyl groups excluding tert-OH is 1. The van der Waals surface area contributed by atoms with Crippen LogP contribution in [0.5, 0.6) is 11.5 Å². The lowest BCUT2D eigenvalue weighted by atomic mass is 9.70. The summed E-state index contributed by atoms with van der Waals surface area (Å²) in [6.07, 6.45) is 4.22. The van der Waals surface area contributed by atoms with E-state index in [0.717, 1.165) is 0 Å². The highest BCUT2D eigenvalue weighted by molar-refractivity contribution is 9.09. The zero-order valence-corrected chi connectivity index (χ0v) is 28.0. The van der Waals surface area contributed by atoms with Gasteiger partial charge in [-0.2, -0.15) is 0 Å². The third-order valence-electron chi connectivity index (χ3n) is 8.86. The van der Waals surface area contributed by atoms with Crippen LogP contribution < -0.4 is 19.3 Å². The van der Waals surface area contributed by atoms with E-state index in [-0.39, 0.29) is 54.0 Å². The van der Waals surface area contributed by atoms with Crippen LogP contribution in [0.3, 0.4) is 0 Å².